The summed E-state index contributed by atoms with van der Waals surface area (Å²) in [7, 11) is 0. The van der Waals surface area contributed by atoms with Crippen molar-refractivity contribution < 1.29 is 9.21 Å². The highest BCUT2D eigenvalue weighted by atomic mass is 16.4. The molecule has 0 spiro atoms. The minimum atomic E-state index is -0.273. The van der Waals surface area contributed by atoms with Gasteiger partial charge in [0.2, 0.25) is 11.8 Å². The van der Waals surface area contributed by atoms with Crippen LogP contribution in [0.3, 0.4) is 0 Å². The van der Waals surface area contributed by atoms with Crippen LogP contribution in [-0.2, 0) is 0 Å². The third kappa shape index (κ3) is 4.12. The molecule has 1 heterocycles. The fraction of sp³-hybridized carbons (Fsp3) is 0.250. The van der Waals surface area contributed by atoms with Crippen LogP contribution in [0.15, 0.2) is 52.9 Å². The van der Waals surface area contributed by atoms with E-state index in [0.717, 1.165) is 16.7 Å². The zero-order valence-electron chi connectivity index (χ0n) is 14.8. The minimum absolute atomic E-state index is 0.106. The first-order valence-electron chi connectivity index (χ1n) is 8.15. The Kier molecular flexibility index (Phi) is 4.40. The van der Waals surface area contributed by atoms with E-state index in [1.54, 1.807) is 12.1 Å². The van der Waals surface area contributed by atoms with Gasteiger partial charge in [-0.1, -0.05) is 17.7 Å². The Bertz CT molecular complexity index is 890. The fourth-order valence-electron chi connectivity index (χ4n) is 2.41. The van der Waals surface area contributed by atoms with Crippen LogP contribution in [0.2, 0.25) is 0 Å². The van der Waals surface area contributed by atoms with Crippen LogP contribution in [-0.4, -0.2) is 21.6 Å². The molecule has 1 aromatic heterocycles. The molecule has 0 bridgehead atoms. The molecule has 0 atom stereocenters. The molecule has 0 saturated carbocycles. The SMILES string of the molecule is Cc1cccc(-c2nnc(-c3ccc(C(=O)NC(C)(C)C)cc3)o2)c1. The topological polar surface area (TPSA) is 68.0 Å². The summed E-state index contributed by atoms with van der Waals surface area (Å²) < 4.78 is 5.77. The van der Waals surface area contributed by atoms with Gasteiger partial charge >= 0.3 is 0 Å². The Labute approximate surface area is 147 Å². The van der Waals surface area contributed by atoms with E-state index in [-0.39, 0.29) is 11.4 Å². The summed E-state index contributed by atoms with van der Waals surface area (Å²) in [6, 6.07) is 15.0. The van der Waals surface area contributed by atoms with E-state index >= 15 is 0 Å². The van der Waals surface area contributed by atoms with E-state index in [1.165, 1.54) is 0 Å². The average molecular weight is 335 g/mol. The van der Waals surface area contributed by atoms with E-state index in [9.17, 15) is 4.79 Å². The number of rotatable bonds is 3. The Hall–Kier alpha value is -2.95. The molecule has 2 aromatic carbocycles. The van der Waals surface area contributed by atoms with Crippen molar-refractivity contribution in [2.75, 3.05) is 0 Å². The van der Waals surface area contributed by atoms with Crippen molar-refractivity contribution in [1.82, 2.24) is 15.5 Å². The number of hydrogen-bond donors (Lipinski definition) is 1. The fourth-order valence-corrected chi connectivity index (χ4v) is 2.41. The van der Waals surface area contributed by atoms with Gasteiger partial charge in [-0.05, 0) is 64.1 Å². The first kappa shape index (κ1) is 16.9. The van der Waals surface area contributed by atoms with Gasteiger partial charge in [0.05, 0.1) is 0 Å². The Morgan fingerprint density at radius 3 is 2.20 bits per heavy atom. The second-order valence-corrected chi connectivity index (χ2v) is 7.06. The van der Waals surface area contributed by atoms with Gasteiger partial charge < -0.3 is 9.73 Å². The summed E-state index contributed by atoms with van der Waals surface area (Å²) in [6.45, 7) is 7.86. The first-order chi connectivity index (χ1) is 11.8. The van der Waals surface area contributed by atoms with Gasteiger partial charge in [0.25, 0.3) is 5.91 Å². The van der Waals surface area contributed by atoms with Gasteiger partial charge in [0.15, 0.2) is 0 Å². The van der Waals surface area contributed by atoms with E-state index in [2.05, 4.69) is 15.5 Å². The highest BCUT2D eigenvalue weighted by molar-refractivity contribution is 5.95. The van der Waals surface area contributed by atoms with Crippen LogP contribution in [0.5, 0.6) is 0 Å². The molecule has 128 valence electrons. The highest BCUT2D eigenvalue weighted by Gasteiger charge is 2.16. The van der Waals surface area contributed by atoms with Crippen molar-refractivity contribution >= 4 is 5.91 Å². The minimum Gasteiger partial charge on any atom is -0.416 e. The van der Waals surface area contributed by atoms with Crippen LogP contribution in [0.1, 0.15) is 36.7 Å². The number of hydrogen-bond acceptors (Lipinski definition) is 4. The van der Waals surface area contributed by atoms with Crippen molar-refractivity contribution in [2.45, 2.75) is 33.2 Å². The predicted octanol–water partition coefficient (Wildman–Crippen LogP) is 4.24. The molecule has 0 unspecified atom stereocenters. The lowest BCUT2D eigenvalue weighted by Crippen LogP contribution is -2.40. The number of carbonyl (C=O) groups excluding carboxylic acids is 1. The molecular weight excluding hydrogens is 314 g/mol. The molecule has 3 rings (SSSR count). The second-order valence-electron chi connectivity index (χ2n) is 7.06. The molecule has 5 nitrogen and oxygen atoms in total. The Morgan fingerprint density at radius 1 is 0.960 bits per heavy atom. The van der Waals surface area contributed by atoms with Crippen LogP contribution < -0.4 is 5.32 Å². The number of aryl methyl sites for hydroxylation is 1. The lowest BCUT2D eigenvalue weighted by Gasteiger charge is -2.20. The van der Waals surface area contributed by atoms with Crippen molar-refractivity contribution in [2.24, 2.45) is 0 Å². The van der Waals surface area contributed by atoms with Gasteiger partial charge in [-0.15, -0.1) is 10.2 Å². The number of carbonyl (C=O) groups is 1. The number of benzene rings is 2. The molecule has 0 fully saturated rings. The summed E-state index contributed by atoms with van der Waals surface area (Å²) in [5.41, 5.74) is 3.12. The summed E-state index contributed by atoms with van der Waals surface area (Å²) >= 11 is 0. The van der Waals surface area contributed by atoms with Gasteiger partial charge in [-0.25, -0.2) is 0 Å². The second kappa shape index (κ2) is 6.51. The Morgan fingerprint density at radius 2 is 1.60 bits per heavy atom. The molecule has 3 aromatic rings. The lowest BCUT2D eigenvalue weighted by atomic mass is 10.1. The molecule has 1 N–H and O–H groups in total. The molecule has 0 aliphatic rings. The standard InChI is InChI=1S/C20H21N3O2/c1-13-6-5-7-16(12-13)19-23-22-18(25-19)15-10-8-14(9-11-15)17(24)21-20(2,3)4/h5-12H,1-4H3,(H,21,24). The monoisotopic (exact) mass is 335 g/mol. The molecular formula is C20H21N3O2. The zero-order valence-corrected chi connectivity index (χ0v) is 14.8. The largest absolute Gasteiger partial charge is 0.416 e. The average Bonchev–Trinajstić information content (AvgIpc) is 3.03. The molecule has 5 heteroatoms. The van der Waals surface area contributed by atoms with Crippen LogP contribution >= 0.6 is 0 Å². The first-order valence-corrected chi connectivity index (χ1v) is 8.15. The summed E-state index contributed by atoms with van der Waals surface area (Å²) in [5.74, 6) is 0.803. The maximum atomic E-state index is 12.2. The molecule has 0 saturated heterocycles. The molecule has 0 aliphatic carbocycles. The normalized spacial score (nSPS) is 11.4. The summed E-state index contributed by atoms with van der Waals surface area (Å²) in [6.07, 6.45) is 0. The van der Waals surface area contributed by atoms with Gasteiger partial charge in [-0.3, -0.25) is 4.79 Å². The maximum Gasteiger partial charge on any atom is 0.251 e. The van der Waals surface area contributed by atoms with Gasteiger partial charge in [0, 0.05) is 22.2 Å². The van der Waals surface area contributed by atoms with Crippen LogP contribution in [0, 0.1) is 6.92 Å². The van der Waals surface area contributed by atoms with Crippen LogP contribution in [0.4, 0.5) is 0 Å². The number of nitrogens with one attached hydrogen (secondary N) is 1. The van der Waals surface area contributed by atoms with Gasteiger partial charge in [0.1, 0.15) is 0 Å². The molecule has 0 radical (unpaired) electrons. The molecule has 1 amide bonds. The maximum absolute atomic E-state index is 12.2. The van der Waals surface area contributed by atoms with Crippen molar-refractivity contribution in [3.05, 3.63) is 59.7 Å². The molecule has 0 aliphatic heterocycles. The van der Waals surface area contributed by atoms with E-state index in [1.807, 2.05) is 64.1 Å². The third-order valence-electron chi connectivity index (χ3n) is 3.57. The van der Waals surface area contributed by atoms with Crippen molar-refractivity contribution in [3.63, 3.8) is 0 Å². The highest BCUT2D eigenvalue weighted by Crippen LogP contribution is 2.24. The van der Waals surface area contributed by atoms with Crippen molar-refractivity contribution in [3.8, 4) is 22.9 Å². The Balaban J connectivity index is 1.80. The number of aromatic nitrogens is 2. The quantitative estimate of drug-likeness (QED) is 0.777. The summed E-state index contributed by atoms with van der Waals surface area (Å²) in [4.78, 5) is 12.2. The van der Waals surface area contributed by atoms with Crippen LogP contribution in [0.25, 0.3) is 22.9 Å². The smallest absolute Gasteiger partial charge is 0.251 e. The van der Waals surface area contributed by atoms with E-state index < -0.39 is 0 Å². The summed E-state index contributed by atoms with van der Waals surface area (Å²) in [5, 5.41) is 11.2. The van der Waals surface area contributed by atoms with Gasteiger partial charge in [-0.2, -0.15) is 0 Å². The van der Waals surface area contributed by atoms with E-state index in [4.69, 9.17) is 4.42 Å². The number of nitrogens with zero attached hydrogens (tertiary/aromatic N) is 2. The lowest BCUT2D eigenvalue weighted by molar-refractivity contribution is 0.0919. The van der Waals surface area contributed by atoms with Crippen molar-refractivity contribution in [1.29, 1.82) is 0 Å². The van der Waals surface area contributed by atoms with E-state index in [0.29, 0.717) is 17.3 Å². The third-order valence-corrected chi connectivity index (χ3v) is 3.57. The predicted molar refractivity (Wildman–Crippen MR) is 97.1 cm³/mol. The molecule has 25 heavy (non-hydrogen) atoms. The zero-order chi connectivity index (χ0) is 18.0. The number of amides is 1.